The molecule has 0 spiro atoms. The van der Waals surface area contributed by atoms with Gasteiger partial charge in [-0.2, -0.15) is 0 Å². The zero-order valence-electron chi connectivity index (χ0n) is 16.3. The van der Waals surface area contributed by atoms with Gasteiger partial charge >= 0.3 is 0 Å². The summed E-state index contributed by atoms with van der Waals surface area (Å²) >= 11 is 0. The first-order valence-electron chi connectivity index (χ1n) is 8.71. The maximum Gasteiger partial charge on any atom is 0.165 e. The second-order valence-electron chi connectivity index (χ2n) is 5.28. The molecular weight excluding hydrogens is 331 g/mol. The Hall–Kier alpha value is -2.62. The Kier molecular flexibility index (Phi) is 11.4. The van der Waals surface area contributed by atoms with Crippen molar-refractivity contribution in [3.8, 4) is 11.5 Å². The summed E-state index contributed by atoms with van der Waals surface area (Å²) in [5, 5.41) is 9.80. The van der Waals surface area contributed by atoms with Gasteiger partial charge in [-0.25, -0.2) is 4.39 Å². The van der Waals surface area contributed by atoms with Gasteiger partial charge in [0.2, 0.25) is 0 Å². The highest BCUT2D eigenvalue weighted by Gasteiger charge is 2.08. The summed E-state index contributed by atoms with van der Waals surface area (Å²) < 4.78 is 17.4. The van der Waals surface area contributed by atoms with Crippen LogP contribution in [0.3, 0.4) is 0 Å². The van der Waals surface area contributed by atoms with E-state index in [4.69, 9.17) is 4.74 Å². The molecule has 4 heteroatoms. The van der Waals surface area contributed by atoms with E-state index in [1.165, 1.54) is 25.1 Å². The highest BCUT2D eigenvalue weighted by Crippen LogP contribution is 2.34. The lowest BCUT2D eigenvalue weighted by atomic mass is 10.0. The van der Waals surface area contributed by atoms with E-state index in [2.05, 4.69) is 13.5 Å². The number of ketones is 1. The van der Waals surface area contributed by atoms with Gasteiger partial charge in [-0.05, 0) is 37.1 Å². The molecule has 0 atom stereocenters. The fraction of sp³-hybridized carbons (Fsp3) is 0.318. The minimum atomic E-state index is -0.368. The van der Waals surface area contributed by atoms with E-state index < -0.39 is 0 Å². The van der Waals surface area contributed by atoms with Gasteiger partial charge in [0.1, 0.15) is 5.82 Å². The smallest absolute Gasteiger partial charge is 0.165 e. The molecule has 0 saturated heterocycles. The van der Waals surface area contributed by atoms with E-state index in [1.807, 2.05) is 26.0 Å². The number of allylic oxidation sites excluding steroid dienone is 1. The molecule has 2 aromatic rings. The number of carbonyl (C=O) groups is 1. The molecule has 3 nitrogen and oxygen atoms in total. The van der Waals surface area contributed by atoms with Crippen LogP contribution in [-0.2, 0) is 0 Å². The normalized spacial score (nSPS) is 9.15. The Bertz CT molecular complexity index is 708. The predicted molar refractivity (Wildman–Crippen MR) is 106 cm³/mol. The van der Waals surface area contributed by atoms with Crippen molar-refractivity contribution in [2.24, 2.45) is 0 Å². The van der Waals surface area contributed by atoms with Crippen LogP contribution in [0.2, 0.25) is 0 Å². The average Bonchev–Trinajstić information content (AvgIpc) is 2.64. The third-order valence-corrected chi connectivity index (χ3v) is 3.38. The van der Waals surface area contributed by atoms with Crippen LogP contribution in [0.25, 0.3) is 5.57 Å². The van der Waals surface area contributed by atoms with Crippen molar-refractivity contribution in [2.75, 3.05) is 7.11 Å². The maximum atomic E-state index is 12.4. The van der Waals surface area contributed by atoms with Crippen molar-refractivity contribution in [2.45, 2.75) is 40.5 Å². The number of halogens is 1. The Morgan fingerprint density at radius 1 is 1.19 bits per heavy atom. The van der Waals surface area contributed by atoms with Gasteiger partial charge in [0.25, 0.3) is 0 Å². The number of Topliss-reactive ketones (excluding diaryl/α,β-unsaturated/α-hetero) is 1. The number of phenolic OH excluding ortho intramolecular Hbond substituents is 1. The van der Waals surface area contributed by atoms with Crippen molar-refractivity contribution in [1.29, 1.82) is 0 Å². The number of hydrogen-bond donors (Lipinski definition) is 1. The van der Waals surface area contributed by atoms with Crippen molar-refractivity contribution in [3.05, 3.63) is 66.0 Å². The number of aromatic hydroxyl groups is 1. The van der Waals surface area contributed by atoms with Crippen LogP contribution in [0.5, 0.6) is 11.5 Å². The van der Waals surface area contributed by atoms with Crippen LogP contribution in [0, 0.1) is 5.82 Å². The number of benzene rings is 2. The summed E-state index contributed by atoms with van der Waals surface area (Å²) in [5.41, 5.74) is 2.15. The number of para-hydroxylation sites is 1. The highest BCUT2D eigenvalue weighted by molar-refractivity contribution is 5.93. The Morgan fingerprint density at radius 3 is 2.27 bits per heavy atom. The molecule has 26 heavy (non-hydrogen) atoms. The van der Waals surface area contributed by atoms with Crippen LogP contribution in [0.4, 0.5) is 4.39 Å². The molecule has 0 radical (unpaired) electrons. The summed E-state index contributed by atoms with van der Waals surface area (Å²) in [6, 6.07) is 11.1. The molecule has 0 aliphatic rings. The van der Waals surface area contributed by atoms with E-state index in [-0.39, 0.29) is 17.3 Å². The van der Waals surface area contributed by atoms with Crippen molar-refractivity contribution >= 4 is 11.4 Å². The number of rotatable bonds is 5. The van der Waals surface area contributed by atoms with Gasteiger partial charge in [0.05, 0.1) is 7.11 Å². The fourth-order valence-corrected chi connectivity index (χ4v) is 2.12. The molecular formula is C22H29FO3. The van der Waals surface area contributed by atoms with Crippen LogP contribution < -0.4 is 4.74 Å². The minimum Gasteiger partial charge on any atom is -0.504 e. The van der Waals surface area contributed by atoms with Gasteiger partial charge in [0.15, 0.2) is 17.3 Å². The summed E-state index contributed by atoms with van der Waals surface area (Å²) in [6.07, 6.45) is 1.91. The van der Waals surface area contributed by atoms with Crippen LogP contribution in [0.15, 0.2) is 49.0 Å². The third kappa shape index (κ3) is 7.51. The Labute approximate surface area is 156 Å². The fourth-order valence-electron chi connectivity index (χ4n) is 2.12. The van der Waals surface area contributed by atoms with Crippen molar-refractivity contribution in [1.82, 2.24) is 0 Å². The number of methoxy groups -OCH3 is 1. The van der Waals surface area contributed by atoms with Crippen molar-refractivity contribution in [3.63, 3.8) is 0 Å². The van der Waals surface area contributed by atoms with Gasteiger partial charge in [-0.1, -0.05) is 58.0 Å². The molecule has 0 fully saturated rings. The molecule has 0 aromatic heterocycles. The van der Waals surface area contributed by atoms with E-state index in [9.17, 15) is 14.3 Å². The van der Waals surface area contributed by atoms with E-state index in [1.54, 1.807) is 19.2 Å². The lowest BCUT2D eigenvalue weighted by Gasteiger charge is -2.10. The maximum absolute atomic E-state index is 12.4. The second-order valence-corrected chi connectivity index (χ2v) is 5.28. The average molecular weight is 360 g/mol. The molecule has 0 amide bonds. The molecule has 1 N–H and O–H groups in total. The number of hydrogen-bond acceptors (Lipinski definition) is 3. The predicted octanol–water partition coefficient (Wildman–Crippen LogP) is 6.27. The van der Waals surface area contributed by atoms with Gasteiger partial charge in [-0.3, -0.25) is 4.79 Å². The quantitative estimate of drug-likeness (QED) is 0.639. The molecule has 0 heterocycles. The summed E-state index contributed by atoms with van der Waals surface area (Å²) in [4.78, 5) is 10.6. The molecule has 2 rings (SSSR count). The zero-order chi connectivity index (χ0) is 20.1. The Balaban J connectivity index is 0.000000458. The second kappa shape index (κ2) is 12.7. The van der Waals surface area contributed by atoms with E-state index in [0.29, 0.717) is 11.3 Å². The first-order valence-corrected chi connectivity index (χ1v) is 8.71. The molecule has 142 valence electrons. The molecule has 0 unspecified atom stereocenters. The van der Waals surface area contributed by atoms with E-state index >= 15 is 0 Å². The monoisotopic (exact) mass is 360 g/mol. The van der Waals surface area contributed by atoms with Crippen LogP contribution in [0.1, 0.15) is 56.5 Å². The molecule has 0 aliphatic carbocycles. The SMILES string of the molecule is C=C(CCC)c1cccc(OC)c1O.CC.CC(=O)c1cccc(F)c1. The third-order valence-electron chi connectivity index (χ3n) is 3.38. The van der Waals surface area contributed by atoms with Crippen LogP contribution >= 0.6 is 0 Å². The topological polar surface area (TPSA) is 46.5 Å². The lowest BCUT2D eigenvalue weighted by molar-refractivity contribution is 0.101. The lowest BCUT2D eigenvalue weighted by Crippen LogP contribution is -1.91. The summed E-state index contributed by atoms with van der Waals surface area (Å²) in [7, 11) is 1.54. The summed E-state index contributed by atoms with van der Waals surface area (Å²) in [6.45, 7) is 11.4. The minimum absolute atomic E-state index is 0.112. The largest absolute Gasteiger partial charge is 0.504 e. The number of phenols is 1. The number of ether oxygens (including phenoxy) is 1. The highest BCUT2D eigenvalue weighted by atomic mass is 19.1. The van der Waals surface area contributed by atoms with Gasteiger partial charge in [-0.15, -0.1) is 0 Å². The number of carbonyl (C=O) groups excluding carboxylic acids is 1. The molecule has 0 saturated carbocycles. The Morgan fingerprint density at radius 2 is 1.81 bits per heavy atom. The first kappa shape index (κ1) is 23.4. The first-order chi connectivity index (χ1) is 12.4. The standard InChI is InChI=1S/C12H16O2.C8H7FO.C2H6/c1-4-6-9(2)10-7-5-8-11(14-3)12(10)13;1-6(10)7-3-2-4-8(9)5-7;1-2/h5,7-8,13H,2,4,6H2,1,3H3;2-5H,1H3;1-2H3. The van der Waals surface area contributed by atoms with Crippen molar-refractivity contribution < 1.29 is 19.0 Å². The zero-order valence-corrected chi connectivity index (χ0v) is 16.3. The van der Waals surface area contributed by atoms with Crippen LogP contribution in [-0.4, -0.2) is 18.0 Å². The molecule has 2 aromatic carbocycles. The van der Waals surface area contributed by atoms with Gasteiger partial charge < -0.3 is 9.84 Å². The molecule has 0 aliphatic heterocycles. The summed E-state index contributed by atoms with van der Waals surface area (Å²) in [5.74, 6) is 0.209. The van der Waals surface area contributed by atoms with E-state index in [0.717, 1.165) is 24.0 Å². The van der Waals surface area contributed by atoms with Gasteiger partial charge in [0, 0.05) is 11.1 Å². The molecule has 0 bridgehead atoms.